The normalized spacial score (nSPS) is 11.5. The lowest BCUT2D eigenvalue weighted by molar-refractivity contribution is 0.655. The van der Waals surface area contributed by atoms with E-state index in [1.165, 1.54) is 47.7 Å². The van der Waals surface area contributed by atoms with Crippen LogP contribution in [0.3, 0.4) is 0 Å². The van der Waals surface area contributed by atoms with Crippen molar-refractivity contribution in [2.24, 2.45) is 0 Å². The summed E-state index contributed by atoms with van der Waals surface area (Å²) in [4.78, 5) is 4.41. The molecular weight excluding hydrogens is 625 g/mol. The molecule has 2 aromatic heterocycles. The summed E-state index contributed by atoms with van der Waals surface area (Å²) in [5.41, 5.74) is 11.1. The molecule has 8 rings (SSSR count). The van der Waals surface area contributed by atoms with E-state index in [1.807, 2.05) is 6.07 Å². The molecule has 0 aliphatic carbocycles. The first kappa shape index (κ1) is 25.0. The third-order valence-electron chi connectivity index (χ3n) is 8.04. The summed E-state index contributed by atoms with van der Waals surface area (Å²) in [5.74, 6) is 0. The van der Waals surface area contributed by atoms with E-state index in [4.69, 9.17) is 4.42 Å². The Morgan fingerprint density at radius 1 is 0.452 bits per heavy atom. The van der Waals surface area contributed by atoms with Gasteiger partial charge in [-0.25, -0.2) is 4.98 Å². The summed E-state index contributed by atoms with van der Waals surface area (Å²) in [6, 6.07) is 50.0. The topological polar surface area (TPSA) is 26.0 Å². The third-order valence-corrected chi connectivity index (χ3v) is 8.76. The maximum Gasteiger partial charge on any atom is 0.227 e. The number of halogens is 1. The largest absolute Gasteiger partial charge is 0.437 e. The minimum atomic E-state index is 0.675. The minimum absolute atomic E-state index is 0.675. The van der Waals surface area contributed by atoms with E-state index in [9.17, 15) is 0 Å². The lowest BCUT2D eigenvalue weighted by Crippen LogP contribution is -1.84. The number of aromatic nitrogens is 1. The van der Waals surface area contributed by atoms with Crippen LogP contribution in [-0.4, -0.2) is 4.98 Å². The second-order valence-electron chi connectivity index (χ2n) is 10.6. The molecule has 0 radical (unpaired) electrons. The fraction of sp³-hybridized carbons (Fsp3) is 0. The summed E-state index contributed by atoms with van der Waals surface area (Å²) in [5, 5.41) is 4.60. The number of nitrogens with zero attached hydrogens (tertiary/aromatic N) is 1. The summed E-state index contributed by atoms with van der Waals surface area (Å²) >= 11 is 2.34. The van der Waals surface area contributed by atoms with Gasteiger partial charge in [0, 0.05) is 26.1 Å². The number of pyridine rings is 1. The molecular formula is C39H24INO. The molecule has 0 fully saturated rings. The van der Waals surface area contributed by atoms with Gasteiger partial charge in [-0.3, -0.25) is 0 Å². The molecule has 6 aromatic carbocycles. The number of hydrogen-bond donors (Lipinski definition) is 0. The number of benzene rings is 6. The number of furan rings is 1. The fourth-order valence-corrected chi connectivity index (χ4v) is 6.17. The molecule has 0 amide bonds. The summed E-state index contributed by atoms with van der Waals surface area (Å²) in [6.07, 6.45) is 1.77. The molecule has 0 spiro atoms. The molecule has 0 unspecified atom stereocenters. The summed E-state index contributed by atoms with van der Waals surface area (Å²) in [6.45, 7) is 0. The molecule has 0 aliphatic rings. The van der Waals surface area contributed by atoms with Crippen molar-refractivity contribution in [2.45, 2.75) is 0 Å². The fourth-order valence-electron chi connectivity index (χ4n) is 5.81. The van der Waals surface area contributed by atoms with E-state index in [1.54, 1.807) is 6.20 Å². The van der Waals surface area contributed by atoms with Crippen molar-refractivity contribution < 1.29 is 4.42 Å². The Hall–Kier alpha value is -4.74. The Morgan fingerprint density at radius 2 is 0.976 bits per heavy atom. The molecule has 198 valence electrons. The second-order valence-corrected chi connectivity index (χ2v) is 11.8. The Labute approximate surface area is 257 Å². The van der Waals surface area contributed by atoms with E-state index in [0.717, 1.165) is 27.5 Å². The summed E-state index contributed by atoms with van der Waals surface area (Å²) < 4.78 is 7.42. The zero-order valence-corrected chi connectivity index (χ0v) is 24.7. The van der Waals surface area contributed by atoms with Gasteiger partial charge in [-0.15, -0.1) is 0 Å². The van der Waals surface area contributed by atoms with Crippen molar-refractivity contribution in [3.8, 4) is 44.5 Å². The van der Waals surface area contributed by atoms with Gasteiger partial charge in [-0.2, -0.15) is 0 Å². The van der Waals surface area contributed by atoms with Crippen LogP contribution in [0.5, 0.6) is 0 Å². The van der Waals surface area contributed by atoms with Crippen LogP contribution in [0.1, 0.15) is 0 Å². The molecule has 3 heteroatoms. The van der Waals surface area contributed by atoms with Crippen molar-refractivity contribution in [2.75, 3.05) is 0 Å². The zero-order chi connectivity index (χ0) is 28.0. The quantitative estimate of drug-likeness (QED) is 0.177. The van der Waals surface area contributed by atoms with Crippen LogP contribution in [0.4, 0.5) is 0 Å². The predicted octanol–water partition coefficient (Wildman–Crippen LogP) is 11.4. The van der Waals surface area contributed by atoms with Crippen LogP contribution < -0.4 is 0 Å². The predicted molar refractivity (Wildman–Crippen MR) is 183 cm³/mol. The van der Waals surface area contributed by atoms with Crippen LogP contribution in [0.25, 0.3) is 77.3 Å². The van der Waals surface area contributed by atoms with Crippen molar-refractivity contribution in [3.63, 3.8) is 0 Å². The molecule has 0 N–H and O–H groups in total. The van der Waals surface area contributed by atoms with Crippen LogP contribution in [0.2, 0.25) is 0 Å². The molecule has 0 aliphatic heterocycles. The molecule has 0 saturated carbocycles. The van der Waals surface area contributed by atoms with Gasteiger partial charge in [0.25, 0.3) is 0 Å². The standard InChI is InChI=1S/C39H24INO/c40-34-20-18-26(19-21-34)25-6-8-27(9-7-25)31-16-12-29-13-17-32(24-33(29)23-31)28-10-14-30(15-11-28)35-3-1-4-36-37-5-2-22-41-39(37)42-38(35)36/h1-24H. The second kappa shape index (κ2) is 10.3. The van der Waals surface area contributed by atoms with Crippen molar-refractivity contribution in [1.29, 1.82) is 0 Å². The van der Waals surface area contributed by atoms with E-state index in [2.05, 4.69) is 161 Å². The Morgan fingerprint density at radius 3 is 1.62 bits per heavy atom. The van der Waals surface area contributed by atoms with Gasteiger partial charge in [0.15, 0.2) is 0 Å². The van der Waals surface area contributed by atoms with Gasteiger partial charge in [-0.05, 0) is 109 Å². The van der Waals surface area contributed by atoms with Crippen molar-refractivity contribution in [1.82, 2.24) is 4.98 Å². The average molecular weight is 650 g/mol. The third kappa shape index (κ3) is 4.47. The maximum absolute atomic E-state index is 6.17. The molecule has 2 nitrogen and oxygen atoms in total. The smallest absolute Gasteiger partial charge is 0.227 e. The van der Waals surface area contributed by atoms with Crippen molar-refractivity contribution in [3.05, 3.63) is 149 Å². The molecule has 2 heterocycles. The van der Waals surface area contributed by atoms with Gasteiger partial charge >= 0.3 is 0 Å². The first-order valence-electron chi connectivity index (χ1n) is 14.0. The number of para-hydroxylation sites is 1. The van der Waals surface area contributed by atoms with Crippen molar-refractivity contribution >= 4 is 55.4 Å². The highest BCUT2D eigenvalue weighted by Crippen LogP contribution is 2.36. The van der Waals surface area contributed by atoms with E-state index >= 15 is 0 Å². The van der Waals surface area contributed by atoms with Gasteiger partial charge in [0.1, 0.15) is 5.58 Å². The van der Waals surface area contributed by atoms with Crippen LogP contribution in [0.15, 0.2) is 150 Å². The minimum Gasteiger partial charge on any atom is -0.437 e. The van der Waals surface area contributed by atoms with E-state index in [-0.39, 0.29) is 0 Å². The van der Waals surface area contributed by atoms with Gasteiger partial charge in [-0.1, -0.05) is 103 Å². The monoisotopic (exact) mass is 649 g/mol. The maximum atomic E-state index is 6.17. The zero-order valence-electron chi connectivity index (χ0n) is 22.6. The van der Waals surface area contributed by atoms with E-state index < -0.39 is 0 Å². The Balaban J connectivity index is 1.10. The first-order valence-corrected chi connectivity index (χ1v) is 15.0. The van der Waals surface area contributed by atoms with Gasteiger partial charge in [0.2, 0.25) is 5.71 Å². The molecule has 0 bridgehead atoms. The highest BCUT2D eigenvalue weighted by atomic mass is 127. The van der Waals surface area contributed by atoms with Crippen LogP contribution in [-0.2, 0) is 0 Å². The van der Waals surface area contributed by atoms with Gasteiger partial charge < -0.3 is 4.42 Å². The molecule has 0 atom stereocenters. The number of rotatable bonds is 4. The average Bonchev–Trinajstić information content (AvgIpc) is 3.44. The Bertz CT molecular complexity index is 2230. The van der Waals surface area contributed by atoms with Crippen LogP contribution in [0, 0.1) is 3.57 Å². The van der Waals surface area contributed by atoms with Gasteiger partial charge in [0.05, 0.1) is 0 Å². The highest BCUT2D eigenvalue weighted by molar-refractivity contribution is 14.1. The van der Waals surface area contributed by atoms with E-state index in [0.29, 0.717) is 5.71 Å². The molecule has 8 aromatic rings. The molecule has 0 saturated heterocycles. The highest BCUT2D eigenvalue weighted by Gasteiger charge is 2.13. The first-order chi connectivity index (χ1) is 20.7. The lowest BCUT2D eigenvalue weighted by Gasteiger charge is -2.09. The Kier molecular flexibility index (Phi) is 6.11. The number of hydrogen-bond acceptors (Lipinski definition) is 2. The SMILES string of the molecule is Ic1ccc(-c2ccc(-c3ccc4ccc(-c5ccc(-c6cccc7c6oc6ncccc67)cc5)cc4c3)cc2)cc1. The van der Waals surface area contributed by atoms with Crippen LogP contribution >= 0.6 is 22.6 Å². The lowest BCUT2D eigenvalue weighted by atomic mass is 9.95. The molecule has 42 heavy (non-hydrogen) atoms. The number of fused-ring (bicyclic) bond motifs is 4. The summed E-state index contributed by atoms with van der Waals surface area (Å²) in [7, 11) is 0.